The van der Waals surface area contributed by atoms with E-state index in [1.807, 2.05) is 75.7 Å². The largest absolute Gasteiger partial charge is 0.491 e. The fraction of sp³-hybridized carbons (Fsp3) is 0.548. The van der Waals surface area contributed by atoms with Gasteiger partial charge in [0.15, 0.2) is 0 Å². The average molecular weight is 1130 g/mol. The summed E-state index contributed by atoms with van der Waals surface area (Å²) in [5.74, 6) is 0.291. The number of hydrogen-bond donors (Lipinski definition) is 3. The predicted molar refractivity (Wildman–Crippen MR) is 309 cm³/mol. The maximum Gasteiger partial charge on any atom is 0.251 e. The van der Waals surface area contributed by atoms with Crippen molar-refractivity contribution in [3.63, 3.8) is 0 Å². The van der Waals surface area contributed by atoms with Gasteiger partial charge < -0.3 is 44.3 Å². The number of aromatic nitrogens is 2. The zero-order valence-corrected chi connectivity index (χ0v) is 49.2. The van der Waals surface area contributed by atoms with Crippen LogP contribution >= 0.6 is 22.9 Å². The SMILES string of the molecule is Cc1ncsc1-c1ccc([C@H](C)NC(=O)[C@@H]2C[C@@H](O)CN2C(=O)C(c2cc(CCCN3CCN([C@H]4CCCC[C@@H]4OCCOc4ccc(C(=O)NC5C(C)(C)C(Oc6ccc(C#N)c(Cl)c6)C5(C)C)cc4)CC3)no2)C(C)C)cc1. The second-order valence-corrected chi connectivity index (χ2v) is 25.1. The number of carbonyl (C=O) groups is 3. The number of likely N-dealkylation sites (tertiary alicyclic amines) is 1. The van der Waals surface area contributed by atoms with Gasteiger partial charge in [0.2, 0.25) is 11.8 Å². The molecule has 4 fully saturated rings. The van der Waals surface area contributed by atoms with Crippen LogP contribution in [0.1, 0.15) is 138 Å². The monoisotopic (exact) mass is 1130 g/mol. The van der Waals surface area contributed by atoms with Gasteiger partial charge in [-0.05, 0) is 99.5 Å². The lowest BCUT2D eigenvalue weighted by molar-refractivity contribution is -0.164. The molecule has 2 aliphatic carbocycles. The van der Waals surface area contributed by atoms with E-state index in [9.17, 15) is 24.8 Å². The van der Waals surface area contributed by atoms with Crippen molar-refractivity contribution in [2.24, 2.45) is 16.7 Å². The molecule has 5 aromatic rings. The topological polar surface area (TPSA) is 196 Å². The van der Waals surface area contributed by atoms with Crippen LogP contribution in [0.15, 0.2) is 82.8 Å². The number of nitrogens with one attached hydrogen (secondary N) is 2. The first-order valence-electron chi connectivity index (χ1n) is 28.5. The number of nitriles is 1. The van der Waals surface area contributed by atoms with E-state index in [1.165, 1.54) is 11.3 Å². The quantitative estimate of drug-likeness (QED) is 0.0588. The number of benzene rings is 3. The van der Waals surface area contributed by atoms with Crippen LogP contribution in [-0.2, 0) is 20.7 Å². The molecule has 2 saturated carbocycles. The van der Waals surface area contributed by atoms with Crippen LogP contribution in [0.4, 0.5) is 0 Å². The third-order valence-electron chi connectivity index (χ3n) is 17.1. The molecule has 2 aliphatic heterocycles. The summed E-state index contributed by atoms with van der Waals surface area (Å²) in [7, 11) is 0. The zero-order valence-electron chi connectivity index (χ0n) is 47.6. The van der Waals surface area contributed by atoms with E-state index < -0.39 is 18.1 Å². The van der Waals surface area contributed by atoms with Gasteiger partial charge in [-0.1, -0.05) is 95.4 Å². The summed E-state index contributed by atoms with van der Waals surface area (Å²) in [6.45, 7) is 22.0. The number of β-amino-alcohol motifs (C(OH)–C–C–N with tert-alkyl or cyclic N) is 1. The van der Waals surface area contributed by atoms with E-state index >= 15 is 0 Å². The van der Waals surface area contributed by atoms with E-state index in [-0.39, 0.29) is 71.7 Å². The lowest BCUT2D eigenvalue weighted by atomic mass is 9.49. The number of aryl methyl sites for hydroxylation is 2. The van der Waals surface area contributed by atoms with Crippen LogP contribution in [0.5, 0.6) is 11.5 Å². The highest BCUT2D eigenvalue weighted by Gasteiger charge is 2.64. The fourth-order valence-electron chi connectivity index (χ4n) is 13.1. The minimum atomic E-state index is -0.806. The molecule has 16 nitrogen and oxygen atoms in total. The maximum absolute atomic E-state index is 14.3. The highest BCUT2D eigenvalue weighted by molar-refractivity contribution is 7.13. The number of aliphatic hydroxyl groups excluding tert-OH is 1. The Morgan fingerprint density at radius 3 is 2.33 bits per heavy atom. The third-order valence-corrected chi connectivity index (χ3v) is 18.4. The van der Waals surface area contributed by atoms with E-state index in [2.05, 4.69) is 64.3 Å². The van der Waals surface area contributed by atoms with Gasteiger partial charge in [0.1, 0.15) is 48.0 Å². The molecule has 4 heterocycles. The number of rotatable bonds is 21. The molecule has 1 unspecified atom stereocenters. The number of nitrogens with zero attached hydrogens (tertiary/aromatic N) is 6. The summed E-state index contributed by atoms with van der Waals surface area (Å²) >= 11 is 7.87. The summed E-state index contributed by atoms with van der Waals surface area (Å²) in [6.07, 6.45) is 5.43. The Morgan fingerprint density at radius 1 is 0.938 bits per heavy atom. The van der Waals surface area contributed by atoms with Gasteiger partial charge in [-0.2, -0.15) is 5.26 Å². The van der Waals surface area contributed by atoms with Crippen LogP contribution in [0.2, 0.25) is 5.02 Å². The first-order valence-corrected chi connectivity index (χ1v) is 29.8. The molecule has 9 rings (SSSR count). The predicted octanol–water partition coefficient (Wildman–Crippen LogP) is 9.78. The van der Waals surface area contributed by atoms with Gasteiger partial charge in [0.05, 0.1) is 57.2 Å². The molecule has 6 atom stereocenters. The van der Waals surface area contributed by atoms with Crippen molar-refractivity contribution in [2.45, 2.75) is 149 Å². The first kappa shape index (κ1) is 58.8. The zero-order chi connectivity index (χ0) is 56.9. The molecule has 0 spiro atoms. The van der Waals surface area contributed by atoms with Crippen LogP contribution in [-0.4, -0.2) is 137 Å². The Labute approximate surface area is 480 Å². The number of thiazole rings is 1. The molecule has 2 saturated heterocycles. The van der Waals surface area contributed by atoms with E-state index in [4.69, 9.17) is 30.3 Å². The fourth-order valence-corrected chi connectivity index (χ4v) is 14.1. The molecule has 428 valence electrons. The van der Waals surface area contributed by atoms with E-state index in [0.717, 1.165) is 85.8 Å². The molecule has 3 aromatic carbocycles. The van der Waals surface area contributed by atoms with E-state index in [1.54, 1.807) is 41.7 Å². The third kappa shape index (κ3) is 13.2. The van der Waals surface area contributed by atoms with Crippen molar-refractivity contribution in [3.8, 4) is 28.0 Å². The molecule has 3 N–H and O–H groups in total. The highest BCUT2D eigenvalue weighted by Crippen LogP contribution is 2.55. The van der Waals surface area contributed by atoms with Crippen molar-refractivity contribution in [2.75, 3.05) is 52.5 Å². The first-order chi connectivity index (χ1) is 38.3. The number of aliphatic hydroxyl groups is 1. The van der Waals surface area contributed by atoms with Gasteiger partial charge in [0.25, 0.3) is 5.91 Å². The highest BCUT2D eigenvalue weighted by atomic mass is 35.5. The lowest BCUT2D eigenvalue weighted by Crippen LogP contribution is -2.74. The molecule has 18 heteroatoms. The second kappa shape index (κ2) is 25.5. The summed E-state index contributed by atoms with van der Waals surface area (Å²) in [4.78, 5) is 53.8. The van der Waals surface area contributed by atoms with Gasteiger partial charge in [-0.3, -0.25) is 19.3 Å². The molecule has 0 radical (unpaired) electrons. The molecule has 3 amide bonds. The lowest BCUT2D eigenvalue weighted by Gasteiger charge is -2.63. The Kier molecular flexibility index (Phi) is 18.7. The van der Waals surface area contributed by atoms with Crippen LogP contribution < -0.4 is 20.1 Å². The van der Waals surface area contributed by atoms with Crippen molar-refractivity contribution < 1.29 is 38.2 Å². The second-order valence-electron chi connectivity index (χ2n) is 23.9. The van der Waals surface area contributed by atoms with Crippen molar-refractivity contribution in [3.05, 3.63) is 117 Å². The number of amides is 3. The number of piperazine rings is 1. The average Bonchev–Trinajstić information content (AvgIpc) is 4.26. The van der Waals surface area contributed by atoms with Gasteiger partial charge >= 0.3 is 0 Å². The van der Waals surface area contributed by atoms with Crippen LogP contribution in [0.3, 0.4) is 0 Å². The van der Waals surface area contributed by atoms with Crippen molar-refractivity contribution in [1.29, 1.82) is 5.26 Å². The van der Waals surface area contributed by atoms with Crippen molar-refractivity contribution >= 4 is 40.7 Å². The summed E-state index contributed by atoms with van der Waals surface area (Å²) < 4.78 is 24.9. The minimum Gasteiger partial charge on any atom is -0.491 e. The van der Waals surface area contributed by atoms with Gasteiger partial charge in [-0.25, -0.2) is 4.98 Å². The Balaban J connectivity index is 0.684. The van der Waals surface area contributed by atoms with Gasteiger partial charge in [0, 0.05) is 79.8 Å². The summed E-state index contributed by atoms with van der Waals surface area (Å²) in [5, 5.41) is 31.1. The number of ether oxygens (including phenoxy) is 3. The number of halogens is 1. The Hall–Kier alpha value is -5.87. The molecule has 80 heavy (non-hydrogen) atoms. The van der Waals surface area contributed by atoms with Gasteiger partial charge in [-0.15, -0.1) is 11.3 Å². The number of hydrogen-bond acceptors (Lipinski definition) is 14. The smallest absolute Gasteiger partial charge is 0.251 e. The summed E-state index contributed by atoms with van der Waals surface area (Å²) in [6, 6.07) is 23.5. The van der Waals surface area contributed by atoms with Crippen molar-refractivity contribution in [1.82, 2.24) is 35.5 Å². The van der Waals surface area contributed by atoms with E-state index in [0.29, 0.717) is 59.1 Å². The molecule has 0 bridgehead atoms. The van der Waals surface area contributed by atoms with Crippen LogP contribution in [0, 0.1) is 35.0 Å². The number of carbonyl (C=O) groups excluding carboxylic acids is 3. The standard InChI is InChI=1S/C62H79ClN8O8S/c1-38(2)54(58(75)71-36-46(72)33-51(71)57(74)66-39(3)41-15-17-42(18-16-41)55-40(4)65-37-80-55)53-32-45(68-79-53)12-11-25-69-26-28-70(29-27-69)50-13-9-10-14-52(50)77-31-30-76-47-22-19-43(20-23-47)56(73)67-59-61(5,6)60(62(59,7)8)78-48-24-21-44(35-64)49(63)34-48/h15-24,32,34,37-39,46,50-52,54,59-60,72H,9-14,25-31,33,36H2,1-8H3,(H,66,74)(H,67,73)/t39-,46+,50-,51-,52-,54?,59?,60?/m0/s1. The molecular formula is C62H79ClN8O8S. The Morgan fingerprint density at radius 2 is 1.65 bits per heavy atom. The Bertz CT molecular complexity index is 2950. The minimum absolute atomic E-state index is 0.0797. The molecular weight excluding hydrogens is 1050 g/mol. The normalized spacial score (nSPS) is 23.6. The molecule has 4 aliphatic rings. The summed E-state index contributed by atoms with van der Waals surface area (Å²) in [5.41, 5.74) is 5.84. The van der Waals surface area contributed by atoms with Crippen LogP contribution in [0.25, 0.3) is 10.4 Å². The molecule has 2 aromatic heterocycles. The maximum atomic E-state index is 14.3.